The summed E-state index contributed by atoms with van der Waals surface area (Å²) in [5.74, 6) is -0.858. The largest absolute Gasteiger partial charge is 0.460 e. The maximum Gasteiger partial charge on any atom is 0.408 e. The van der Waals surface area contributed by atoms with Crippen LogP contribution in [-0.2, 0) is 48.1 Å². The maximum atomic E-state index is 12.9. The number of alkyl carbamates (subject to hydrolysis) is 1. The molecule has 0 spiro atoms. The van der Waals surface area contributed by atoms with Crippen LogP contribution in [0, 0.1) is 0 Å². The number of benzene rings is 3. The molecule has 0 fully saturated rings. The highest BCUT2D eigenvalue weighted by Crippen LogP contribution is 2.19. The van der Waals surface area contributed by atoms with Gasteiger partial charge in [0.25, 0.3) is 0 Å². The number of nitrogens with one attached hydrogen (secondary N) is 4. The summed E-state index contributed by atoms with van der Waals surface area (Å²) >= 11 is 0. The zero-order chi connectivity index (χ0) is 39.2. The molecule has 0 saturated carbocycles. The third-order valence-corrected chi connectivity index (χ3v) is 8.27. The second-order valence-corrected chi connectivity index (χ2v) is 14.0. The Morgan fingerprint density at radius 3 is 2.09 bits per heavy atom. The van der Waals surface area contributed by atoms with Crippen LogP contribution in [0.25, 0.3) is 0 Å². The van der Waals surface area contributed by atoms with E-state index >= 15 is 0 Å². The molecule has 12 nitrogen and oxygen atoms in total. The highest BCUT2D eigenvalue weighted by Gasteiger charge is 2.24. The molecule has 3 rings (SSSR count). The summed E-state index contributed by atoms with van der Waals surface area (Å²) in [6.45, 7) is 5.67. The first-order valence-corrected chi connectivity index (χ1v) is 18.7. The number of ether oxygens (including phenoxy) is 3. The molecule has 0 radical (unpaired) electrons. The van der Waals surface area contributed by atoms with E-state index in [0.29, 0.717) is 12.2 Å². The first-order valence-electron chi connectivity index (χ1n) is 18.7. The van der Waals surface area contributed by atoms with Crippen molar-refractivity contribution in [3.05, 3.63) is 95.6 Å². The van der Waals surface area contributed by atoms with Gasteiger partial charge in [0.15, 0.2) is 0 Å². The number of carbonyl (C=O) groups is 5. The second kappa shape index (κ2) is 23.3. The lowest BCUT2D eigenvalue weighted by Gasteiger charge is -2.21. The van der Waals surface area contributed by atoms with Gasteiger partial charge in [0, 0.05) is 38.7 Å². The minimum absolute atomic E-state index is 0.0186. The minimum Gasteiger partial charge on any atom is -0.460 e. The fraction of sp³-hybridized carbons (Fsp3) is 0.452. The zero-order valence-electron chi connectivity index (χ0n) is 32.0. The molecule has 0 aliphatic carbocycles. The normalized spacial score (nSPS) is 11.5. The summed E-state index contributed by atoms with van der Waals surface area (Å²) in [6, 6.07) is 23.4. The van der Waals surface area contributed by atoms with E-state index in [1.807, 2.05) is 85.9 Å². The van der Waals surface area contributed by atoms with Crippen molar-refractivity contribution < 1.29 is 38.2 Å². The Balaban J connectivity index is 1.27. The number of para-hydroxylation sites is 1. The fourth-order valence-electron chi connectivity index (χ4n) is 5.54. The van der Waals surface area contributed by atoms with E-state index in [2.05, 4.69) is 21.3 Å². The second-order valence-electron chi connectivity index (χ2n) is 14.0. The number of unbranched alkanes of at least 4 members (excludes halogenated alkanes) is 4. The number of hydrogen-bond acceptors (Lipinski definition) is 9. The van der Waals surface area contributed by atoms with Crippen LogP contribution in [0.2, 0.25) is 0 Å². The van der Waals surface area contributed by atoms with Gasteiger partial charge < -0.3 is 35.5 Å². The Morgan fingerprint density at radius 1 is 0.704 bits per heavy atom. The fourth-order valence-corrected chi connectivity index (χ4v) is 5.54. The number of rotatable bonds is 22. The SMILES string of the molecule is CNc1ccccc1CC(=O)Oc1ccc(CCCCCCCC(=O)NCCNC(=O)[C@H](CCC(=O)OC(C)(C)C)NC(=O)OCc2ccccc2)cc1. The molecule has 3 aromatic carbocycles. The van der Waals surface area contributed by atoms with Crippen molar-refractivity contribution >= 4 is 35.5 Å². The summed E-state index contributed by atoms with van der Waals surface area (Å²) in [7, 11) is 1.82. The highest BCUT2D eigenvalue weighted by atomic mass is 16.6. The van der Waals surface area contributed by atoms with Crippen LogP contribution in [0.5, 0.6) is 5.75 Å². The first-order chi connectivity index (χ1) is 25.9. The van der Waals surface area contributed by atoms with E-state index in [-0.39, 0.29) is 50.8 Å². The monoisotopic (exact) mass is 744 g/mol. The van der Waals surface area contributed by atoms with Crippen molar-refractivity contribution in [3.8, 4) is 5.75 Å². The predicted molar refractivity (Wildman–Crippen MR) is 208 cm³/mol. The van der Waals surface area contributed by atoms with E-state index in [1.165, 1.54) is 5.56 Å². The smallest absolute Gasteiger partial charge is 0.408 e. The van der Waals surface area contributed by atoms with Gasteiger partial charge >= 0.3 is 18.0 Å². The van der Waals surface area contributed by atoms with Gasteiger partial charge in [0.2, 0.25) is 11.8 Å². The Kier molecular flexibility index (Phi) is 18.6. The summed E-state index contributed by atoms with van der Waals surface area (Å²) in [5, 5.41) is 11.2. The molecule has 0 heterocycles. The minimum atomic E-state index is -1.03. The summed E-state index contributed by atoms with van der Waals surface area (Å²) in [6.07, 6.45) is 5.42. The molecule has 3 aromatic rings. The van der Waals surface area contributed by atoms with Gasteiger partial charge in [0.05, 0.1) is 6.42 Å². The molecule has 12 heteroatoms. The van der Waals surface area contributed by atoms with Crippen molar-refractivity contribution in [2.75, 3.05) is 25.5 Å². The Labute approximate surface area is 319 Å². The molecule has 0 saturated heterocycles. The lowest BCUT2D eigenvalue weighted by molar-refractivity contribution is -0.155. The molecule has 4 N–H and O–H groups in total. The Hall–Kier alpha value is -5.39. The molecular weight excluding hydrogens is 688 g/mol. The van der Waals surface area contributed by atoms with Crippen molar-refractivity contribution in [1.82, 2.24) is 16.0 Å². The van der Waals surface area contributed by atoms with Crippen LogP contribution in [0.15, 0.2) is 78.9 Å². The van der Waals surface area contributed by atoms with Gasteiger partial charge in [-0.25, -0.2) is 4.79 Å². The van der Waals surface area contributed by atoms with Crippen molar-refractivity contribution in [1.29, 1.82) is 0 Å². The van der Waals surface area contributed by atoms with E-state index in [4.69, 9.17) is 14.2 Å². The van der Waals surface area contributed by atoms with Crippen molar-refractivity contribution in [2.45, 2.75) is 103 Å². The molecule has 0 bridgehead atoms. The van der Waals surface area contributed by atoms with Crippen LogP contribution in [0.1, 0.15) is 88.8 Å². The van der Waals surface area contributed by atoms with Gasteiger partial charge in [-0.15, -0.1) is 0 Å². The first kappa shape index (κ1) is 43.0. The van der Waals surface area contributed by atoms with Crippen LogP contribution in [0.4, 0.5) is 10.5 Å². The van der Waals surface area contributed by atoms with Gasteiger partial charge in [-0.1, -0.05) is 79.9 Å². The van der Waals surface area contributed by atoms with Crippen LogP contribution >= 0.6 is 0 Å². The van der Waals surface area contributed by atoms with Crippen LogP contribution < -0.4 is 26.0 Å². The van der Waals surface area contributed by atoms with Crippen LogP contribution in [0.3, 0.4) is 0 Å². The van der Waals surface area contributed by atoms with E-state index < -0.39 is 29.6 Å². The Morgan fingerprint density at radius 2 is 1.37 bits per heavy atom. The van der Waals surface area contributed by atoms with Gasteiger partial charge in [-0.05, 0) is 81.3 Å². The predicted octanol–water partition coefficient (Wildman–Crippen LogP) is 6.41. The average Bonchev–Trinajstić information content (AvgIpc) is 3.14. The quantitative estimate of drug-likeness (QED) is 0.0518. The number of amides is 3. The lowest BCUT2D eigenvalue weighted by atomic mass is 10.0. The highest BCUT2D eigenvalue weighted by molar-refractivity contribution is 5.86. The van der Waals surface area contributed by atoms with E-state index in [9.17, 15) is 24.0 Å². The van der Waals surface area contributed by atoms with Crippen molar-refractivity contribution in [2.24, 2.45) is 0 Å². The maximum absolute atomic E-state index is 12.9. The van der Waals surface area contributed by atoms with Gasteiger partial charge in [0.1, 0.15) is 24.0 Å². The number of carbonyl (C=O) groups excluding carboxylic acids is 5. The number of aryl methyl sites for hydroxylation is 1. The molecule has 0 aromatic heterocycles. The summed E-state index contributed by atoms with van der Waals surface area (Å²) in [4.78, 5) is 62.5. The molecule has 0 aliphatic rings. The number of hydrogen-bond donors (Lipinski definition) is 4. The molecule has 0 aliphatic heterocycles. The van der Waals surface area contributed by atoms with Crippen LogP contribution in [-0.4, -0.2) is 61.6 Å². The topological polar surface area (TPSA) is 161 Å². The van der Waals surface area contributed by atoms with Crippen molar-refractivity contribution in [3.63, 3.8) is 0 Å². The molecule has 1 atom stereocenters. The zero-order valence-corrected chi connectivity index (χ0v) is 32.0. The number of esters is 2. The molecule has 292 valence electrons. The van der Waals surface area contributed by atoms with Gasteiger partial charge in [-0.3, -0.25) is 19.2 Å². The lowest BCUT2D eigenvalue weighted by Crippen LogP contribution is -2.48. The Bertz CT molecular complexity index is 1620. The summed E-state index contributed by atoms with van der Waals surface area (Å²) < 4.78 is 16.1. The molecule has 0 unspecified atom stereocenters. The summed E-state index contributed by atoms with van der Waals surface area (Å²) in [5.41, 5.74) is 3.09. The van der Waals surface area contributed by atoms with E-state index in [1.54, 1.807) is 20.8 Å². The number of anilines is 1. The molecule has 3 amide bonds. The van der Waals surface area contributed by atoms with E-state index in [0.717, 1.165) is 55.3 Å². The van der Waals surface area contributed by atoms with Gasteiger partial charge in [-0.2, -0.15) is 0 Å². The average molecular weight is 745 g/mol. The third kappa shape index (κ3) is 17.9. The molecule has 54 heavy (non-hydrogen) atoms. The molecular formula is C42H56N4O8. The standard InChI is InChI=1S/C42H56N4O8/c1-42(2,3)54-38(48)26-25-36(46-41(51)52-30-32-16-10-8-11-17-32)40(50)45-28-27-44-37(47)20-12-7-5-6-9-15-31-21-23-34(24-22-31)53-39(49)29-33-18-13-14-19-35(33)43-4/h8,10-11,13-14,16-19,21-24,36,43H,5-7,9,12,15,20,25-30H2,1-4H3,(H,44,47)(H,45,50)(H,46,51)/t36-/m0/s1. The third-order valence-electron chi connectivity index (χ3n) is 8.27.